The molecule has 1 aromatic rings. The zero-order valence-corrected chi connectivity index (χ0v) is 8.36. The van der Waals surface area contributed by atoms with Gasteiger partial charge in [0.15, 0.2) is 0 Å². The van der Waals surface area contributed by atoms with Crippen molar-refractivity contribution in [3.63, 3.8) is 0 Å². The summed E-state index contributed by atoms with van der Waals surface area (Å²) in [6, 6.07) is 9.28. The molecule has 14 heavy (non-hydrogen) atoms. The van der Waals surface area contributed by atoms with E-state index in [1.807, 2.05) is 30.3 Å². The Hall–Kier alpha value is -1.64. The van der Waals surface area contributed by atoms with E-state index in [4.69, 9.17) is 4.74 Å². The zero-order chi connectivity index (χ0) is 10.4. The predicted octanol–water partition coefficient (Wildman–Crippen LogP) is 1.67. The molecule has 0 bridgehead atoms. The molecule has 74 valence electrons. The molecule has 0 heterocycles. The Labute approximate surface area is 83.4 Å². The molecule has 0 N–H and O–H groups in total. The molecule has 0 radical (unpaired) electrons. The van der Waals surface area contributed by atoms with Crippen LogP contribution in [0.25, 0.3) is 0 Å². The summed E-state index contributed by atoms with van der Waals surface area (Å²) in [6.07, 6.45) is 0. The third kappa shape index (κ3) is 2.42. The van der Waals surface area contributed by atoms with Crippen LogP contribution in [-0.4, -0.2) is 25.3 Å². The van der Waals surface area contributed by atoms with Gasteiger partial charge >= 0.3 is 5.97 Å². The largest absolute Gasteiger partial charge is 0.461 e. The van der Waals surface area contributed by atoms with Gasteiger partial charge in [0.2, 0.25) is 0 Å². The molecule has 0 aliphatic carbocycles. The van der Waals surface area contributed by atoms with Crippen LogP contribution in [0.2, 0.25) is 0 Å². The van der Waals surface area contributed by atoms with Gasteiger partial charge in [0.05, 0.1) is 6.61 Å². The van der Waals surface area contributed by atoms with Crippen molar-refractivity contribution < 1.29 is 9.53 Å². The van der Waals surface area contributed by atoms with Gasteiger partial charge in [0.1, 0.15) is 5.71 Å². The Kier molecular flexibility index (Phi) is 3.85. The zero-order valence-electron chi connectivity index (χ0n) is 8.36. The minimum Gasteiger partial charge on any atom is -0.461 e. The highest BCUT2D eigenvalue weighted by molar-refractivity contribution is 6.43. The predicted molar refractivity (Wildman–Crippen MR) is 55.5 cm³/mol. The average Bonchev–Trinajstić information content (AvgIpc) is 2.21. The Morgan fingerprint density at radius 3 is 2.50 bits per heavy atom. The van der Waals surface area contributed by atoms with E-state index < -0.39 is 0 Å². The van der Waals surface area contributed by atoms with E-state index in [1.54, 1.807) is 14.0 Å². The molecule has 0 aliphatic rings. The van der Waals surface area contributed by atoms with E-state index in [-0.39, 0.29) is 5.97 Å². The lowest BCUT2D eigenvalue weighted by molar-refractivity contribution is -0.134. The van der Waals surface area contributed by atoms with Gasteiger partial charge in [-0.15, -0.1) is 0 Å². The summed E-state index contributed by atoms with van der Waals surface area (Å²) in [7, 11) is 1.58. The van der Waals surface area contributed by atoms with Crippen molar-refractivity contribution in [3.05, 3.63) is 35.9 Å². The van der Waals surface area contributed by atoms with Crippen molar-refractivity contribution in [1.29, 1.82) is 0 Å². The number of aliphatic imine (C=N–C) groups is 1. The first-order chi connectivity index (χ1) is 6.79. The fourth-order valence-corrected chi connectivity index (χ4v) is 1.13. The molecule has 0 saturated carbocycles. The van der Waals surface area contributed by atoms with Crippen LogP contribution in [0.4, 0.5) is 0 Å². The first-order valence-electron chi connectivity index (χ1n) is 4.49. The molecule has 0 aliphatic heterocycles. The van der Waals surface area contributed by atoms with Crippen LogP contribution in [0.3, 0.4) is 0 Å². The summed E-state index contributed by atoms with van der Waals surface area (Å²) in [5.41, 5.74) is 1.15. The lowest BCUT2D eigenvalue weighted by Crippen LogP contribution is -2.18. The molecule has 3 heteroatoms. The Morgan fingerprint density at radius 2 is 2.00 bits per heavy atom. The molecule has 0 saturated heterocycles. The highest BCUT2D eigenvalue weighted by atomic mass is 16.5. The molecule has 0 unspecified atom stereocenters. The number of ether oxygens (including phenoxy) is 1. The number of carbonyl (C=O) groups is 1. The maximum atomic E-state index is 11.4. The lowest BCUT2D eigenvalue weighted by Gasteiger charge is -2.04. The van der Waals surface area contributed by atoms with E-state index in [2.05, 4.69) is 4.99 Å². The van der Waals surface area contributed by atoms with Gasteiger partial charge in [0.25, 0.3) is 0 Å². The number of benzene rings is 1. The van der Waals surface area contributed by atoms with Crippen LogP contribution in [-0.2, 0) is 9.53 Å². The van der Waals surface area contributed by atoms with Crippen LogP contribution in [0.1, 0.15) is 12.5 Å². The van der Waals surface area contributed by atoms with Crippen LogP contribution in [0.5, 0.6) is 0 Å². The molecule has 1 aromatic carbocycles. The van der Waals surface area contributed by atoms with Gasteiger partial charge in [-0.05, 0) is 6.92 Å². The standard InChI is InChI=1S/C11H13NO2/c1-3-14-11(13)10(12-2)9-7-5-4-6-8-9/h4-8H,3H2,1-2H3. The molecule has 0 spiro atoms. The van der Waals surface area contributed by atoms with Crippen molar-refractivity contribution >= 4 is 11.7 Å². The minimum absolute atomic E-state index is 0.366. The molecule has 3 nitrogen and oxygen atoms in total. The molecular weight excluding hydrogens is 178 g/mol. The second kappa shape index (κ2) is 5.17. The number of esters is 1. The Bertz CT molecular complexity index is 330. The molecular formula is C11H13NO2. The maximum absolute atomic E-state index is 11.4. The lowest BCUT2D eigenvalue weighted by atomic mass is 10.1. The van der Waals surface area contributed by atoms with Gasteiger partial charge < -0.3 is 4.74 Å². The Morgan fingerprint density at radius 1 is 1.36 bits per heavy atom. The van der Waals surface area contributed by atoms with Gasteiger partial charge in [0, 0.05) is 12.6 Å². The average molecular weight is 191 g/mol. The van der Waals surface area contributed by atoms with Crippen LogP contribution in [0, 0.1) is 0 Å². The second-order valence-electron chi connectivity index (χ2n) is 2.66. The van der Waals surface area contributed by atoms with Crippen molar-refractivity contribution in [3.8, 4) is 0 Å². The fourth-order valence-electron chi connectivity index (χ4n) is 1.13. The van der Waals surface area contributed by atoms with E-state index >= 15 is 0 Å². The second-order valence-corrected chi connectivity index (χ2v) is 2.66. The van der Waals surface area contributed by atoms with Crippen LogP contribution in [0.15, 0.2) is 35.3 Å². The quantitative estimate of drug-likeness (QED) is 0.538. The van der Waals surface area contributed by atoms with Crippen molar-refractivity contribution in [2.24, 2.45) is 4.99 Å². The van der Waals surface area contributed by atoms with Gasteiger partial charge in [-0.2, -0.15) is 0 Å². The molecule has 1 rings (SSSR count). The smallest absolute Gasteiger partial charge is 0.357 e. The normalized spacial score (nSPS) is 11.1. The number of nitrogens with zero attached hydrogens (tertiary/aromatic N) is 1. The fraction of sp³-hybridized carbons (Fsp3) is 0.273. The van der Waals surface area contributed by atoms with E-state index in [9.17, 15) is 4.79 Å². The van der Waals surface area contributed by atoms with Crippen molar-refractivity contribution in [1.82, 2.24) is 0 Å². The summed E-state index contributed by atoms with van der Waals surface area (Å²) in [5.74, 6) is -0.374. The maximum Gasteiger partial charge on any atom is 0.357 e. The third-order valence-corrected chi connectivity index (χ3v) is 1.74. The summed E-state index contributed by atoms with van der Waals surface area (Å²) >= 11 is 0. The minimum atomic E-state index is -0.374. The van der Waals surface area contributed by atoms with Crippen molar-refractivity contribution in [2.75, 3.05) is 13.7 Å². The summed E-state index contributed by atoms with van der Waals surface area (Å²) in [6.45, 7) is 2.14. The molecule has 0 fully saturated rings. The van der Waals surface area contributed by atoms with Gasteiger partial charge in [-0.1, -0.05) is 30.3 Å². The number of rotatable bonds is 3. The van der Waals surface area contributed by atoms with Gasteiger partial charge in [-0.3, -0.25) is 4.99 Å². The van der Waals surface area contributed by atoms with Gasteiger partial charge in [-0.25, -0.2) is 4.79 Å². The summed E-state index contributed by atoms with van der Waals surface area (Å²) in [5, 5.41) is 0. The van der Waals surface area contributed by atoms with E-state index in [0.717, 1.165) is 5.56 Å². The number of hydrogen-bond acceptors (Lipinski definition) is 3. The third-order valence-electron chi connectivity index (χ3n) is 1.74. The first-order valence-corrected chi connectivity index (χ1v) is 4.49. The molecule has 0 amide bonds. The van der Waals surface area contributed by atoms with Crippen LogP contribution >= 0.6 is 0 Å². The number of carbonyl (C=O) groups excluding carboxylic acids is 1. The van der Waals surface area contributed by atoms with E-state index in [0.29, 0.717) is 12.3 Å². The highest BCUT2D eigenvalue weighted by Crippen LogP contribution is 2.02. The summed E-state index contributed by atoms with van der Waals surface area (Å²) < 4.78 is 4.88. The van der Waals surface area contributed by atoms with Crippen molar-refractivity contribution in [2.45, 2.75) is 6.92 Å². The highest BCUT2D eigenvalue weighted by Gasteiger charge is 2.12. The molecule has 0 atom stereocenters. The first kappa shape index (κ1) is 10.4. The monoisotopic (exact) mass is 191 g/mol. The van der Waals surface area contributed by atoms with E-state index in [1.165, 1.54) is 0 Å². The number of hydrogen-bond donors (Lipinski definition) is 0. The Balaban J connectivity index is 2.89. The van der Waals surface area contributed by atoms with Crippen LogP contribution < -0.4 is 0 Å². The topological polar surface area (TPSA) is 38.7 Å². The SMILES string of the molecule is CCOC(=O)C(=NC)c1ccccc1. The molecule has 0 aromatic heterocycles. The summed E-state index contributed by atoms with van der Waals surface area (Å²) in [4.78, 5) is 15.3.